The zero-order valence-corrected chi connectivity index (χ0v) is 14.3. The van der Waals surface area contributed by atoms with E-state index < -0.39 is 0 Å². The number of benzene rings is 1. The fourth-order valence-electron chi connectivity index (χ4n) is 3.35. The lowest BCUT2D eigenvalue weighted by Gasteiger charge is -2.22. The molecule has 0 saturated carbocycles. The molecule has 2 aromatic heterocycles. The molecule has 25 heavy (non-hydrogen) atoms. The van der Waals surface area contributed by atoms with Gasteiger partial charge >= 0.3 is 0 Å². The van der Waals surface area contributed by atoms with Crippen LogP contribution in [0, 0.1) is 6.92 Å². The lowest BCUT2D eigenvalue weighted by Crippen LogP contribution is -2.30. The highest BCUT2D eigenvalue weighted by atomic mass is 16.5. The van der Waals surface area contributed by atoms with Crippen molar-refractivity contribution in [2.45, 2.75) is 25.8 Å². The van der Waals surface area contributed by atoms with Crippen LogP contribution in [-0.2, 0) is 7.05 Å². The van der Waals surface area contributed by atoms with Gasteiger partial charge in [0.25, 0.3) is 5.91 Å². The molecule has 0 unspecified atom stereocenters. The Morgan fingerprint density at radius 1 is 1.28 bits per heavy atom. The molecule has 0 radical (unpaired) electrons. The number of hydrogen-bond acceptors (Lipinski definition) is 4. The van der Waals surface area contributed by atoms with Gasteiger partial charge in [0.15, 0.2) is 0 Å². The second-order valence-electron chi connectivity index (χ2n) is 6.55. The first-order valence-electron chi connectivity index (χ1n) is 8.45. The molecule has 0 aliphatic carbocycles. The topological polar surface area (TPSA) is 64.2 Å². The molecule has 6 heteroatoms. The van der Waals surface area contributed by atoms with Gasteiger partial charge in [-0.15, -0.1) is 0 Å². The average molecular weight is 336 g/mol. The first kappa shape index (κ1) is 15.6. The molecule has 3 heterocycles. The van der Waals surface area contributed by atoms with Crippen molar-refractivity contribution in [3.63, 3.8) is 0 Å². The molecule has 1 aliphatic heterocycles. The van der Waals surface area contributed by atoms with Crippen molar-refractivity contribution in [2.75, 3.05) is 6.54 Å². The van der Waals surface area contributed by atoms with Crippen molar-refractivity contribution < 1.29 is 9.32 Å². The van der Waals surface area contributed by atoms with Gasteiger partial charge in [-0.2, -0.15) is 5.10 Å². The van der Waals surface area contributed by atoms with Crippen LogP contribution >= 0.6 is 0 Å². The third-order valence-corrected chi connectivity index (χ3v) is 4.69. The molecule has 0 N–H and O–H groups in total. The van der Waals surface area contributed by atoms with E-state index in [0.29, 0.717) is 5.69 Å². The third-order valence-electron chi connectivity index (χ3n) is 4.69. The summed E-state index contributed by atoms with van der Waals surface area (Å²) in [7, 11) is 1.88. The van der Waals surface area contributed by atoms with Gasteiger partial charge in [-0.1, -0.05) is 35.0 Å². The van der Waals surface area contributed by atoms with Crippen LogP contribution < -0.4 is 0 Å². The Kier molecular flexibility index (Phi) is 3.87. The first-order chi connectivity index (χ1) is 12.1. The molecule has 4 rings (SSSR count). The third kappa shape index (κ3) is 2.95. The largest absolute Gasteiger partial charge is 0.350 e. The summed E-state index contributed by atoms with van der Waals surface area (Å²) in [6.07, 6.45) is 5.71. The maximum atomic E-state index is 12.9. The zero-order valence-electron chi connectivity index (χ0n) is 14.3. The fraction of sp³-hybridized carbons (Fsp3) is 0.316. The van der Waals surface area contributed by atoms with Crippen LogP contribution in [0.25, 0.3) is 11.3 Å². The molecule has 1 aliphatic rings. The fourth-order valence-corrected chi connectivity index (χ4v) is 3.35. The van der Waals surface area contributed by atoms with E-state index in [1.807, 2.05) is 55.5 Å². The standard InChI is InChI=1S/C19H20N4O2/c1-13-5-7-14(8-6-13)16-10-18(25-21-16)19(24)23-9-3-4-17(23)15-11-20-22(2)12-15/h5-8,10-12,17H,3-4,9H2,1-2H3/t17-/m1/s1. The van der Waals surface area contributed by atoms with Crippen LogP contribution in [0.5, 0.6) is 0 Å². The van der Waals surface area contributed by atoms with E-state index in [-0.39, 0.29) is 17.7 Å². The lowest BCUT2D eigenvalue weighted by molar-refractivity contribution is 0.0693. The number of likely N-dealkylation sites (tertiary alicyclic amines) is 1. The van der Waals surface area contributed by atoms with Gasteiger partial charge in [-0.3, -0.25) is 9.48 Å². The smallest absolute Gasteiger partial charge is 0.292 e. The predicted octanol–water partition coefficient (Wildman–Crippen LogP) is 3.36. The molecule has 0 bridgehead atoms. The minimum atomic E-state index is -0.114. The monoisotopic (exact) mass is 336 g/mol. The van der Waals surface area contributed by atoms with Crippen molar-refractivity contribution >= 4 is 5.91 Å². The summed E-state index contributed by atoms with van der Waals surface area (Å²) in [5.41, 5.74) is 3.87. The molecule has 1 saturated heterocycles. The molecule has 1 aromatic carbocycles. The molecule has 1 atom stereocenters. The number of amides is 1. The van der Waals surface area contributed by atoms with Gasteiger partial charge in [0.2, 0.25) is 5.76 Å². The molecule has 3 aromatic rings. The maximum Gasteiger partial charge on any atom is 0.292 e. The van der Waals surface area contributed by atoms with Crippen LogP contribution in [-0.4, -0.2) is 32.3 Å². The van der Waals surface area contributed by atoms with Gasteiger partial charge in [0.1, 0.15) is 5.69 Å². The summed E-state index contributed by atoms with van der Waals surface area (Å²) in [4.78, 5) is 14.8. The van der Waals surface area contributed by atoms with E-state index in [1.165, 1.54) is 5.56 Å². The van der Waals surface area contributed by atoms with E-state index in [2.05, 4.69) is 10.3 Å². The van der Waals surface area contributed by atoms with Gasteiger partial charge in [-0.25, -0.2) is 0 Å². The Labute approximate surface area is 146 Å². The molecule has 1 fully saturated rings. The molecule has 128 valence electrons. The summed E-state index contributed by atoms with van der Waals surface area (Å²) in [6.45, 7) is 2.76. The second kappa shape index (κ2) is 6.20. The summed E-state index contributed by atoms with van der Waals surface area (Å²) in [6, 6.07) is 9.78. The van der Waals surface area contributed by atoms with E-state index in [0.717, 1.165) is 30.5 Å². The van der Waals surface area contributed by atoms with Crippen molar-refractivity contribution in [3.8, 4) is 11.3 Å². The van der Waals surface area contributed by atoms with Crippen molar-refractivity contribution in [1.82, 2.24) is 19.8 Å². The summed E-state index contributed by atoms with van der Waals surface area (Å²) in [5.74, 6) is 0.170. The SMILES string of the molecule is Cc1ccc(-c2cc(C(=O)N3CCC[C@@H]3c3cnn(C)c3)on2)cc1. The molecular weight excluding hydrogens is 316 g/mol. The predicted molar refractivity (Wildman–Crippen MR) is 92.9 cm³/mol. The van der Waals surface area contributed by atoms with Crippen LogP contribution in [0.15, 0.2) is 47.2 Å². The number of hydrogen-bond donors (Lipinski definition) is 0. The molecule has 6 nitrogen and oxygen atoms in total. The Hall–Kier alpha value is -2.89. The molecule has 0 spiro atoms. The van der Waals surface area contributed by atoms with Crippen molar-refractivity contribution in [1.29, 1.82) is 0 Å². The summed E-state index contributed by atoms with van der Waals surface area (Å²) >= 11 is 0. The Bertz CT molecular complexity index is 894. The minimum Gasteiger partial charge on any atom is -0.350 e. The highest BCUT2D eigenvalue weighted by Crippen LogP contribution is 2.33. The number of nitrogens with zero attached hydrogens (tertiary/aromatic N) is 4. The van der Waals surface area contributed by atoms with Crippen molar-refractivity contribution in [2.24, 2.45) is 7.05 Å². The number of rotatable bonds is 3. The van der Waals surface area contributed by atoms with Crippen molar-refractivity contribution in [3.05, 3.63) is 59.6 Å². The lowest BCUT2D eigenvalue weighted by atomic mass is 10.1. The Morgan fingerprint density at radius 2 is 2.08 bits per heavy atom. The minimum absolute atomic E-state index is 0.0501. The van der Waals surface area contributed by atoms with Crippen LogP contribution in [0.4, 0.5) is 0 Å². The van der Waals surface area contributed by atoms with E-state index in [9.17, 15) is 4.79 Å². The van der Waals surface area contributed by atoms with Gasteiger partial charge < -0.3 is 9.42 Å². The number of carbonyl (C=O) groups excluding carboxylic acids is 1. The highest BCUT2D eigenvalue weighted by molar-refractivity contribution is 5.93. The maximum absolute atomic E-state index is 12.9. The second-order valence-corrected chi connectivity index (χ2v) is 6.55. The highest BCUT2D eigenvalue weighted by Gasteiger charge is 2.33. The number of aromatic nitrogens is 3. The van der Waals surface area contributed by atoms with Crippen LogP contribution in [0.2, 0.25) is 0 Å². The number of aryl methyl sites for hydroxylation is 2. The molecule has 1 amide bonds. The van der Waals surface area contributed by atoms with E-state index in [4.69, 9.17) is 4.52 Å². The summed E-state index contributed by atoms with van der Waals surface area (Å²) in [5, 5.41) is 8.29. The van der Waals surface area contributed by atoms with Gasteiger partial charge in [0.05, 0.1) is 12.2 Å². The zero-order chi connectivity index (χ0) is 17.4. The number of carbonyl (C=O) groups is 1. The first-order valence-corrected chi connectivity index (χ1v) is 8.45. The van der Waals surface area contributed by atoms with Gasteiger partial charge in [0, 0.05) is 37.0 Å². The normalized spacial score (nSPS) is 17.2. The van der Waals surface area contributed by atoms with E-state index in [1.54, 1.807) is 10.7 Å². The van der Waals surface area contributed by atoms with E-state index >= 15 is 0 Å². The van der Waals surface area contributed by atoms with Crippen LogP contribution in [0.1, 0.15) is 40.6 Å². The quantitative estimate of drug-likeness (QED) is 0.736. The van der Waals surface area contributed by atoms with Gasteiger partial charge in [-0.05, 0) is 19.8 Å². The average Bonchev–Trinajstić information content (AvgIpc) is 3.35. The molecular formula is C19H20N4O2. The summed E-state index contributed by atoms with van der Waals surface area (Å²) < 4.78 is 7.12. The van der Waals surface area contributed by atoms with Crippen LogP contribution in [0.3, 0.4) is 0 Å². The Morgan fingerprint density at radius 3 is 2.80 bits per heavy atom. The Balaban J connectivity index is 1.57.